The molecule has 0 saturated carbocycles. The molecule has 1 aromatic carbocycles. The minimum atomic E-state index is -0.440. The summed E-state index contributed by atoms with van der Waals surface area (Å²) < 4.78 is 5.45. The number of likely N-dealkylation sites (tertiary alicyclic amines) is 1. The van der Waals surface area contributed by atoms with Gasteiger partial charge in [0.05, 0.1) is 0 Å². The standard InChI is InChI=1S/C19H31N3O2/c1-14(15-7-9-17(10-8-15)21(5)6)20-16-11-12-22(13-16)18(23)24-19(2,3)4/h7-10,14,16,20H,11-13H2,1-6H3. The van der Waals surface area contributed by atoms with Crippen molar-refractivity contribution in [2.24, 2.45) is 0 Å². The molecule has 0 spiro atoms. The zero-order valence-corrected chi connectivity index (χ0v) is 15.8. The highest BCUT2D eigenvalue weighted by Gasteiger charge is 2.30. The van der Waals surface area contributed by atoms with E-state index in [0.29, 0.717) is 12.6 Å². The summed E-state index contributed by atoms with van der Waals surface area (Å²) in [6.07, 6.45) is 0.745. The van der Waals surface area contributed by atoms with Crippen molar-refractivity contribution in [2.45, 2.75) is 51.8 Å². The first-order chi connectivity index (χ1) is 11.2. The topological polar surface area (TPSA) is 44.8 Å². The first-order valence-electron chi connectivity index (χ1n) is 8.67. The summed E-state index contributed by atoms with van der Waals surface area (Å²) in [7, 11) is 4.08. The largest absolute Gasteiger partial charge is 0.444 e. The van der Waals surface area contributed by atoms with Gasteiger partial charge in [0.2, 0.25) is 0 Å². The van der Waals surface area contributed by atoms with Crippen molar-refractivity contribution >= 4 is 11.8 Å². The number of hydrogen-bond acceptors (Lipinski definition) is 4. The summed E-state index contributed by atoms with van der Waals surface area (Å²) >= 11 is 0. The lowest BCUT2D eigenvalue weighted by Gasteiger charge is -2.25. The number of carbonyl (C=O) groups is 1. The number of rotatable bonds is 4. The number of amides is 1. The number of anilines is 1. The van der Waals surface area contributed by atoms with Gasteiger partial charge in [0.15, 0.2) is 0 Å². The van der Waals surface area contributed by atoms with E-state index in [2.05, 4.69) is 41.4 Å². The molecule has 1 aliphatic rings. The zero-order valence-electron chi connectivity index (χ0n) is 15.8. The van der Waals surface area contributed by atoms with Crippen molar-refractivity contribution in [1.82, 2.24) is 10.2 Å². The molecule has 1 heterocycles. The summed E-state index contributed by atoms with van der Waals surface area (Å²) in [5.74, 6) is 0. The summed E-state index contributed by atoms with van der Waals surface area (Å²) in [4.78, 5) is 16.0. The minimum absolute atomic E-state index is 0.213. The Hall–Kier alpha value is -1.75. The fourth-order valence-corrected chi connectivity index (χ4v) is 2.90. The molecule has 1 aliphatic heterocycles. The molecule has 0 aliphatic carbocycles. The van der Waals surface area contributed by atoms with Gasteiger partial charge in [0, 0.05) is 45.0 Å². The van der Waals surface area contributed by atoms with Gasteiger partial charge >= 0.3 is 6.09 Å². The van der Waals surface area contributed by atoms with Gasteiger partial charge in [-0.2, -0.15) is 0 Å². The maximum absolute atomic E-state index is 12.1. The van der Waals surface area contributed by atoms with Gasteiger partial charge in [-0.3, -0.25) is 0 Å². The normalized spacial score (nSPS) is 19.2. The van der Waals surface area contributed by atoms with Crippen LogP contribution < -0.4 is 10.2 Å². The van der Waals surface area contributed by atoms with E-state index in [1.165, 1.54) is 11.3 Å². The second-order valence-electron chi connectivity index (χ2n) is 7.79. The molecular formula is C19H31N3O2. The molecule has 1 N–H and O–H groups in total. The Morgan fingerprint density at radius 1 is 1.29 bits per heavy atom. The number of ether oxygens (including phenoxy) is 1. The lowest BCUT2D eigenvalue weighted by atomic mass is 10.1. The van der Waals surface area contributed by atoms with Gasteiger partial charge in [0.1, 0.15) is 5.60 Å². The smallest absolute Gasteiger partial charge is 0.410 e. The predicted molar refractivity (Wildman–Crippen MR) is 98.5 cm³/mol. The average molecular weight is 333 g/mol. The molecule has 0 bridgehead atoms. The van der Waals surface area contributed by atoms with Crippen molar-refractivity contribution < 1.29 is 9.53 Å². The van der Waals surface area contributed by atoms with E-state index in [0.717, 1.165) is 13.0 Å². The van der Waals surface area contributed by atoms with E-state index in [-0.39, 0.29) is 12.1 Å². The van der Waals surface area contributed by atoms with Gasteiger partial charge in [-0.1, -0.05) is 12.1 Å². The maximum Gasteiger partial charge on any atom is 0.410 e. The van der Waals surface area contributed by atoms with E-state index < -0.39 is 5.60 Å². The number of benzene rings is 1. The SMILES string of the molecule is CC(NC1CCN(C(=O)OC(C)(C)C)C1)c1ccc(N(C)C)cc1. The zero-order chi connectivity index (χ0) is 17.9. The van der Waals surface area contributed by atoms with Crippen LogP contribution in [0.3, 0.4) is 0 Å². The van der Waals surface area contributed by atoms with Crippen molar-refractivity contribution in [3.05, 3.63) is 29.8 Å². The molecule has 1 fully saturated rings. The second-order valence-corrected chi connectivity index (χ2v) is 7.79. The van der Waals surface area contributed by atoms with Crippen LogP contribution in [0.5, 0.6) is 0 Å². The fourth-order valence-electron chi connectivity index (χ4n) is 2.90. The van der Waals surface area contributed by atoms with Crippen molar-refractivity contribution in [2.75, 3.05) is 32.1 Å². The van der Waals surface area contributed by atoms with Crippen molar-refractivity contribution in [1.29, 1.82) is 0 Å². The third-order valence-electron chi connectivity index (χ3n) is 4.24. The van der Waals surface area contributed by atoms with E-state index >= 15 is 0 Å². The van der Waals surface area contributed by atoms with Crippen LogP contribution in [-0.2, 0) is 4.74 Å². The first-order valence-corrected chi connectivity index (χ1v) is 8.67. The Labute approximate surface area is 146 Å². The molecular weight excluding hydrogens is 302 g/mol. The fraction of sp³-hybridized carbons (Fsp3) is 0.632. The van der Waals surface area contributed by atoms with Crippen LogP contribution in [0, 0.1) is 0 Å². The molecule has 1 amide bonds. The van der Waals surface area contributed by atoms with Gasteiger partial charge in [-0.05, 0) is 51.8 Å². The van der Waals surface area contributed by atoms with E-state index in [1.54, 1.807) is 4.90 Å². The Morgan fingerprint density at radius 2 is 1.92 bits per heavy atom. The lowest BCUT2D eigenvalue weighted by molar-refractivity contribution is 0.0290. The number of hydrogen-bond donors (Lipinski definition) is 1. The van der Waals surface area contributed by atoms with Crippen LogP contribution in [-0.4, -0.2) is 49.8 Å². The Balaban J connectivity index is 1.87. The molecule has 1 aromatic rings. The number of nitrogens with zero attached hydrogens (tertiary/aromatic N) is 2. The molecule has 2 unspecified atom stereocenters. The average Bonchev–Trinajstić information content (AvgIpc) is 2.94. The van der Waals surface area contributed by atoms with Crippen molar-refractivity contribution in [3.63, 3.8) is 0 Å². The Morgan fingerprint density at radius 3 is 2.46 bits per heavy atom. The highest BCUT2D eigenvalue weighted by molar-refractivity contribution is 5.68. The van der Waals surface area contributed by atoms with Gasteiger partial charge < -0.3 is 19.9 Å². The number of nitrogens with one attached hydrogen (secondary N) is 1. The second kappa shape index (κ2) is 7.43. The molecule has 0 aromatic heterocycles. The molecule has 5 heteroatoms. The summed E-state index contributed by atoms with van der Waals surface area (Å²) in [5.41, 5.74) is 2.02. The van der Waals surface area contributed by atoms with E-state index in [4.69, 9.17) is 4.74 Å². The molecule has 134 valence electrons. The maximum atomic E-state index is 12.1. The van der Waals surface area contributed by atoms with Gasteiger partial charge in [-0.25, -0.2) is 4.79 Å². The van der Waals surface area contributed by atoms with Crippen LogP contribution in [0.4, 0.5) is 10.5 Å². The molecule has 2 atom stereocenters. The molecule has 2 rings (SSSR count). The molecule has 24 heavy (non-hydrogen) atoms. The van der Waals surface area contributed by atoms with E-state index in [1.807, 2.05) is 34.9 Å². The molecule has 0 radical (unpaired) electrons. The summed E-state index contributed by atoms with van der Waals surface area (Å²) in [6.45, 7) is 9.32. The van der Waals surface area contributed by atoms with Crippen LogP contribution in [0.2, 0.25) is 0 Å². The number of carbonyl (C=O) groups excluding carboxylic acids is 1. The van der Waals surface area contributed by atoms with Crippen LogP contribution in [0.1, 0.15) is 45.7 Å². The van der Waals surface area contributed by atoms with Crippen LogP contribution in [0.25, 0.3) is 0 Å². The lowest BCUT2D eigenvalue weighted by Crippen LogP contribution is -2.39. The molecule has 5 nitrogen and oxygen atoms in total. The van der Waals surface area contributed by atoms with E-state index in [9.17, 15) is 4.79 Å². The molecule has 1 saturated heterocycles. The Kier molecular flexibility index (Phi) is 5.75. The highest BCUT2D eigenvalue weighted by atomic mass is 16.6. The van der Waals surface area contributed by atoms with Gasteiger partial charge in [0.25, 0.3) is 0 Å². The summed E-state index contributed by atoms with van der Waals surface area (Å²) in [6, 6.07) is 9.15. The quantitative estimate of drug-likeness (QED) is 0.917. The van der Waals surface area contributed by atoms with Crippen molar-refractivity contribution in [3.8, 4) is 0 Å². The monoisotopic (exact) mass is 333 g/mol. The van der Waals surface area contributed by atoms with Crippen LogP contribution in [0.15, 0.2) is 24.3 Å². The predicted octanol–water partition coefficient (Wildman–Crippen LogP) is 3.41. The summed E-state index contributed by atoms with van der Waals surface area (Å²) in [5, 5.41) is 3.63. The van der Waals surface area contributed by atoms with Gasteiger partial charge in [-0.15, -0.1) is 0 Å². The highest BCUT2D eigenvalue weighted by Crippen LogP contribution is 2.21. The van der Waals surface area contributed by atoms with Crippen LogP contribution >= 0.6 is 0 Å². The third-order valence-corrected chi connectivity index (χ3v) is 4.24. The minimum Gasteiger partial charge on any atom is -0.444 e. The Bertz CT molecular complexity index is 549. The first kappa shape index (κ1) is 18.6. The third kappa shape index (κ3) is 5.13.